The Morgan fingerprint density at radius 3 is 2.68 bits per heavy atom. The van der Waals surface area contributed by atoms with E-state index < -0.39 is 24.0 Å². The fraction of sp³-hybridized carbons (Fsp3) is 0.294. The molecule has 0 unspecified atom stereocenters. The summed E-state index contributed by atoms with van der Waals surface area (Å²) in [6.07, 6.45) is 2.86. The molecule has 2 aromatic rings. The number of rotatable bonds is 3. The summed E-state index contributed by atoms with van der Waals surface area (Å²) in [5.74, 6) is -1.43. The zero-order valence-electron chi connectivity index (χ0n) is 14.1. The largest absolute Gasteiger partial charge is 0.452 e. The normalized spacial score (nSPS) is 15.3. The van der Waals surface area contributed by atoms with Crippen LogP contribution in [0.4, 0.5) is 11.4 Å². The Bertz CT molecular complexity index is 856. The van der Waals surface area contributed by atoms with Gasteiger partial charge in [-0.15, -0.1) is 0 Å². The molecule has 0 radical (unpaired) electrons. The van der Waals surface area contributed by atoms with Crippen LogP contribution >= 0.6 is 0 Å². The second-order valence-corrected chi connectivity index (χ2v) is 6.24. The van der Waals surface area contributed by atoms with Crippen LogP contribution in [0, 0.1) is 0 Å². The Kier molecular flexibility index (Phi) is 4.03. The predicted molar refractivity (Wildman–Crippen MR) is 90.1 cm³/mol. The van der Waals surface area contributed by atoms with Crippen LogP contribution in [0.1, 0.15) is 24.2 Å². The molecule has 2 amide bonds. The van der Waals surface area contributed by atoms with E-state index in [0.29, 0.717) is 11.4 Å². The number of aromatic nitrogens is 2. The molecule has 0 spiro atoms. The lowest BCUT2D eigenvalue weighted by atomic mass is 9.96. The van der Waals surface area contributed by atoms with Gasteiger partial charge in [0.15, 0.2) is 6.61 Å². The number of nitrogens with one attached hydrogen (secondary N) is 1. The van der Waals surface area contributed by atoms with Crippen molar-refractivity contribution in [3.05, 3.63) is 42.2 Å². The highest BCUT2D eigenvalue weighted by Crippen LogP contribution is 2.36. The third-order valence-corrected chi connectivity index (χ3v) is 4.02. The Morgan fingerprint density at radius 1 is 1.28 bits per heavy atom. The van der Waals surface area contributed by atoms with Gasteiger partial charge in [-0.25, -0.2) is 4.79 Å². The highest BCUT2D eigenvalue weighted by Gasteiger charge is 2.43. The number of para-hydroxylation sites is 2. The number of amides is 2. The first-order valence-electron chi connectivity index (χ1n) is 7.70. The van der Waals surface area contributed by atoms with E-state index in [0.717, 1.165) is 0 Å². The van der Waals surface area contributed by atoms with Crippen LogP contribution < -0.4 is 10.2 Å². The Labute approximate surface area is 144 Å². The van der Waals surface area contributed by atoms with Gasteiger partial charge in [0, 0.05) is 13.2 Å². The number of hydrogen-bond acceptors (Lipinski definition) is 5. The predicted octanol–water partition coefficient (Wildman–Crippen LogP) is 1.34. The molecule has 0 aliphatic carbocycles. The lowest BCUT2D eigenvalue weighted by Crippen LogP contribution is -2.59. The number of nitrogens with zero attached hydrogens (tertiary/aromatic N) is 3. The third kappa shape index (κ3) is 2.98. The van der Waals surface area contributed by atoms with Crippen LogP contribution in [0.15, 0.2) is 36.7 Å². The summed E-state index contributed by atoms with van der Waals surface area (Å²) in [7, 11) is 1.67. The van der Waals surface area contributed by atoms with Crippen molar-refractivity contribution in [2.75, 3.05) is 16.8 Å². The molecule has 1 aliphatic heterocycles. The molecule has 8 nitrogen and oxygen atoms in total. The number of ether oxygens (including phenoxy) is 1. The van der Waals surface area contributed by atoms with E-state index in [1.807, 2.05) is 0 Å². The molecule has 0 fully saturated rings. The summed E-state index contributed by atoms with van der Waals surface area (Å²) < 4.78 is 6.55. The second-order valence-electron chi connectivity index (χ2n) is 6.24. The van der Waals surface area contributed by atoms with Crippen LogP contribution in [-0.2, 0) is 21.4 Å². The molecule has 25 heavy (non-hydrogen) atoms. The van der Waals surface area contributed by atoms with Gasteiger partial charge >= 0.3 is 5.97 Å². The maximum Gasteiger partial charge on any atom is 0.341 e. The third-order valence-electron chi connectivity index (χ3n) is 4.02. The van der Waals surface area contributed by atoms with Gasteiger partial charge < -0.3 is 10.1 Å². The molecule has 1 N–H and O–H groups in total. The number of carbonyl (C=O) groups excluding carboxylic acids is 3. The molecule has 1 aliphatic rings. The van der Waals surface area contributed by atoms with Crippen molar-refractivity contribution in [2.45, 2.75) is 19.4 Å². The van der Waals surface area contributed by atoms with Crippen molar-refractivity contribution in [2.24, 2.45) is 7.05 Å². The van der Waals surface area contributed by atoms with Gasteiger partial charge in [0.2, 0.25) is 5.91 Å². The number of carbonyl (C=O) groups is 3. The SMILES string of the molecule is Cn1cc(C(=O)OCC(=O)N2c3ccccc3NC(=O)C2(C)C)cn1. The molecule has 3 rings (SSSR count). The minimum atomic E-state index is -1.11. The molecule has 1 aromatic heterocycles. The number of fused-ring (bicyclic) bond motifs is 1. The van der Waals surface area contributed by atoms with E-state index in [9.17, 15) is 14.4 Å². The van der Waals surface area contributed by atoms with Gasteiger partial charge in [0.05, 0.1) is 23.1 Å². The van der Waals surface area contributed by atoms with Gasteiger partial charge in [0.1, 0.15) is 5.54 Å². The quantitative estimate of drug-likeness (QED) is 0.850. The molecule has 2 heterocycles. The van der Waals surface area contributed by atoms with Crippen molar-refractivity contribution < 1.29 is 19.1 Å². The van der Waals surface area contributed by atoms with E-state index in [1.54, 1.807) is 45.2 Å². The van der Waals surface area contributed by atoms with Gasteiger partial charge in [0.25, 0.3) is 5.91 Å². The Morgan fingerprint density at radius 2 is 2.00 bits per heavy atom. The molecule has 0 atom stereocenters. The average molecular weight is 342 g/mol. The average Bonchev–Trinajstić information content (AvgIpc) is 3.00. The molecular formula is C17H18N4O4. The minimum Gasteiger partial charge on any atom is -0.452 e. The first kappa shape index (κ1) is 16.7. The monoisotopic (exact) mass is 342 g/mol. The molecule has 130 valence electrons. The van der Waals surface area contributed by atoms with Gasteiger partial charge in [-0.1, -0.05) is 12.1 Å². The molecular weight excluding hydrogens is 324 g/mol. The first-order chi connectivity index (χ1) is 11.8. The lowest BCUT2D eigenvalue weighted by Gasteiger charge is -2.41. The summed E-state index contributed by atoms with van der Waals surface area (Å²) in [5.41, 5.74) is 0.256. The number of anilines is 2. The highest BCUT2D eigenvalue weighted by molar-refractivity contribution is 6.14. The maximum atomic E-state index is 12.7. The van der Waals surface area contributed by atoms with Gasteiger partial charge in [-0.3, -0.25) is 19.2 Å². The van der Waals surface area contributed by atoms with Gasteiger partial charge in [-0.2, -0.15) is 5.10 Å². The summed E-state index contributed by atoms with van der Waals surface area (Å²) in [5, 5.41) is 6.66. The smallest absolute Gasteiger partial charge is 0.341 e. The molecule has 0 saturated heterocycles. The molecule has 0 bridgehead atoms. The standard InChI is InChI=1S/C17H18N4O4/c1-17(2)16(24)19-12-6-4-5-7-13(12)21(17)14(22)10-25-15(23)11-8-18-20(3)9-11/h4-9H,10H2,1-3H3,(H,19,24). The molecule has 0 saturated carbocycles. The highest BCUT2D eigenvalue weighted by atomic mass is 16.5. The number of aryl methyl sites for hydroxylation is 1. The number of esters is 1. The Balaban J connectivity index is 1.80. The summed E-state index contributed by atoms with van der Waals surface area (Å²) in [6, 6.07) is 6.98. The van der Waals surface area contributed by atoms with Crippen molar-refractivity contribution >= 4 is 29.2 Å². The number of hydrogen-bond donors (Lipinski definition) is 1. The van der Waals surface area contributed by atoms with E-state index in [-0.39, 0.29) is 11.5 Å². The van der Waals surface area contributed by atoms with E-state index in [2.05, 4.69) is 10.4 Å². The van der Waals surface area contributed by atoms with Crippen molar-refractivity contribution in [3.63, 3.8) is 0 Å². The maximum absolute atomic E-state index is 12.7. The fourth-order valence-corrected chi connectivity index (χ4v) is 2.70. The van der Waals surface area contributed by atoms with Crippen LogP contribution in [0.5, 0.6) is 0 Å². The second kappa shape index (κ2) is 6.04. The topological polar surface area (TPSA) is 93.5 Å². The van der Waals surface area contributed by atoms with E-state index in [1.165, 1.54) is 22.0 Å². The summed E-state index contributed by atoms with van der Waals surface area (Å²) in [4.78, 5) is 38.4. The first-order valence-corrected chi connectivity index (χ1v) is 7.70. The lowest BCUT2D eigenvalue weighted by molar-refractivity contribution is -0.128. The van der Waals surface area contributed by atoms with Gasteiger partial charge in [-0.05, 0) is 26.0 Å². The Hall–Kier alpha value is -3.16. The van der Waals surface area contributed by atoms with E-state index in [4.69, 9.17) is 4.74 Å². The molecule has 1 aromatic carbocycles. The fourth-order valence-electron chi connectivity index (χ4n) is 2.70. The molecule has 8 heteroatoms. The summed E-state index contributed by atoms with van der Waals surface area (Å²) in [6.45, 7) is 2.80. The van der Waals surface area contributed by atoms with Crippen LogP contribution in [0.2, 0.25) is 0 Å². The van der Waals surface area contributed by atoms with E-state index >= 15 is 0 Å². The number of benzene rings is 1. The zero-order chi connectivity index (χ0) is 18.2. The van der Waals surface area contributed by atoms with Crippen LogP contribution in [-0.4, -0.2) is 39.7 Å². The van der Waals surface area contributed by atoms with Crippen LogP contribution in [0.25, 0.3) is 0 Å². The summed E-state index contributed by atoms with van der Waals surface area (Å²) >= 11 is 0. The van der Waals surface area contributed by atoms with Crippen molar-refractivity contribution in [3.8, 4) is 0 Å². The van der Waals surface area contributed by atoms with Crippen molar-refractivity contribution in [1.29, 1.82) is 0 Å². The van der Waals surface area contributed by atoms with Crippen molar-refractivity contribution in [1.82, 2.24) is 9.78 Å². The zero-order valence-corrected chi connectivity index (χ0v) is 14.1. The van der Waals surface area contributed by atoms with Crippen LogP contribution in [0.3, 0.4) is 0 Å². The minimum absolute atomic E-state index is 0.256.